The Morgan fingerprint density at radius 2 is 0.610 bits per heavy atom. The first-order chi connectivity index (χ1) is 29.3. The molecular weight excluding hydrogens is 729 g/mol. The number of hydrogen-bond acceptors (Lipinski definition) is 1. The normalized spacial score (nSPS) is 11.7. The van der Waals surface area contributed by atoms with Crippen molar-refractivity contribution in [1.29, 1.82) is 0 Å². The molecule has 59 heavy (non-hydrogen) atoms. The average Bonchev–Trinajstić information content (AvgIpc) is 3.69. The summed E-state index contributed by atoms with van der Waals surface area (Å²) in [6, 6.07) is 80.5. The van der Waals surface area contributed by atoms with Crippen molar-refractivity contribution in [2.75, 3.05) is 0 Å². The van der Waals surface area contributed by atoms with Gasteiger partial charge in [0, 0.05) is 25.7 Å². The molecule has 1 heteroatoms. The van der Waals surface area contributed by atoms with Gasteiger partial charge in [0.2, 0.25) is 0 Å². The highest BCUT2D eigenvalue weighted by atomic mass is 32.1. The van der Waals surface area contributed by atoms with Crippen molar-refractivity contribution in [2.24, 2.45) is 0 Å². The second kappa shape index (κ2) is 13.7. The van der Waals surface area contributed by atoms with Gasteiger partial charge in [-0.3, -0.25) is 0 Å². The van der Waals surface area contributed by atoms with E-state index in [1.54, 1.807) is 0 Å². The van der Waals surface area contributed by atoms with Crippen molar-refractivity contribution in [2.45, 2.75) is 0 Å². The Morgan fingerprint density at radius 3 is 1.15 bits per heavy atom. The number of benzene rings is 11. The van der Waals surface area contributed by atoms with Crippen molar-refractivity contribution in [3.05, 3.63) is 218 Å². The van der Waals surface area contributed by atoms with Crippen molar-refractivity contribution < 1.29 is 0 Å². The Morgan fingerprint density at radius 1 is 0.220 bits per heavy atom. The van der Waals surface area contributed by atoms with E-state index in [0.29, 0.717) is 0 Å². The van der Waals surface area contributed by atoms with Crippen LogP contribution in [-0.2, 0) is 0 Å². The van der Waals surface area contributed by atoms with E-state index in [9.17, 15) is 0 Å². The Balaban J connectivity index is 1.08. The van der Waals surface area contributed by atoms with Gasteiger partial charge in [-0.1, -0.05) is 206 Å². The molecule has 12 aromatic rings. The summed E-state index contributed by atoms with van der Waals surface area (Å²) >= 11 is 1.92. The fourth-order valence-electron chi connectivity index (χ4n) is 9.72. The van der Waals surface area contributed by atoms with Gasteiger partial charge < -0.3 is 0 Å². The van der Waals surface area contributed by atoms with Crippen molar-refractivity contribution in [3.63, 3.8) is 0 Å². The fourth-order valence-corrected chi connectivity index (χ4v) is 11.0. The van der Waals surface area contributed by atoms with Crippen LogP contribution in [0.5, 0.6) is 0 Å². The summed E-state index contributed by atoms with van der Waals surface area (Å²) < 4.78 is 2.62. The van der Waals surface area contributed by atoms with Crippen LogP contribution in [0.25, 0.3) is 119 Å². The van der Waals surface area contributed by atoms with Gasteiger partial charge >= 0.3 is 0 Å². The zero-order valence-corrected chi connectivity index (χ0v) is 33.0. The third-order valence-electron chi connectivity index (χ3n) is 12.2. The molecule has 0 aliphatic rings. The molecule has 1 heterocycles. The molecule has 0 saturated carbocycles. The quantitative estimate of drug-likeness (QED) is 0.153. The van der Waals surface area contributed by atoms with Crippen LogP contribution in [0.3, 0.4) is 0 Å². The van der Waals surface area contributed by atoms with E-state index in [1.165, 1.54) is 119 Å². The second-order valence-corrected chi connectivity index (χ2v) is 16.5. The Hall–Kier alpha value is -7.32. The third kappa shape index (κ3) is 5.36. The van der Waals surface area contributed by atoms with Crippen LogP contribution in [0.4, 0.5) is 0 Å². The summed E-state index contributed by atoms with van der Waals surface area (Å²) in [4.78, 5) is 0. The molecule has 12 rings (SSSR count). The lowest BCUT2D eigenvalue weighted by Crippen LogP contribution is -1.91. The van der Waals surface area contributed by atoms with Gasteiger partial charge in [0.1, 0.15) is 0 Å². The lowest BCUT2D eigenvalue weighted by molar-refractivity contribution is 1.61. The predicted molar refractivity (Wildman–Crippen MR) is 257 cm³/mol. The minimum absolute atomic E-state index is 1.23. The van der Waals surface area contributed by atoms with E-state index < -0.39 is 0 Å². The molecule has 0 aliphatic carbocycles. The molecule has 0 bridgehead atoms. The highest BCUT2D eigenvalue weighted by molar-refractivity contribution is 7.26. The molecule has 0 saturated heterocycles. The molecule has 0 amide bonds. The van der Waals surface area contributed by atoms with Gasteiger partial charge in [-0.25, -0.2) is 0 Å². The van der Waals surface area contributed by atoms with Crippen LogP contribution in [0.15, 0.2) is 218 Å². The van der Waals surface area contributed by atoms with E-state index in [1.807, 2.05) is 11.3 Å². The SMILES string of the molecule is c1ccc(-c2cccc(-c3c4ccccc4c(-c4ccc5c(c4)sc4c(-c6c7ccccc7c(-c7ccccc7)c7ccccc67)cccc45)c4ccccc34)c2)cc1. The molecular formula is C58H36S. The number of rotatable bonds is 5. The van der Waals surface area contributed by atoms with Crippen LogP contribution in [-0.4, -0.2) is 0 Å². The fraction of sp³-hybridized carbons (Fsp3) is 0. The molecule has 0 radical (unpaired) electrons. The minimum atomic E-state index is 1.23. The maximum atomic E-state index is 2.45. The highest BCUT2D eigenvalue weighted by Gasteiger charge is 2.21. The van der Waals surface area contributed by atoms with E-state index in [4.69, 9.17) is 0 Å². The van der Waals surface area contributed by atoms with Gasteiger partial charge in [0.15, 0.2) is 0 Å². The maximum Gasteiger partial charge on any atom is 0.0434 e. The van der Waals surface area contributed by atoms with Gasteiger partial charge in [-0.15, -0.1) is 11.3 Å². The van der Waals surface area contributed by atoms with Gasteiger partial charge in [-0.2, -0.15) is 0 Å². The summed E-state index contributed by atoms with van der Waals surface area (Å²) in [6.45, 7) is 0. The van der Waals surface area contributed by atoms with E-state index >= 15 is 0 Å². The molecule has 11 aromatic carbocycles. The molecule has 274 valence electrons. The highest BCUT2D eigenvalue weighted by Crippen LogP contribution is 2.49. The molecule has 0 N–H and O–H groups in total. The third-order valence-corrected chi connectivity index (χ3v) is 13.4. The number of thiophene rings is 1. The van der Waals surface area contributed by atoms with Crippen LogP contribution in [0.1, 0.15) is 0 Å². The summed E-state index contributed by atoms with van der Waals surface area (Å²) in [6.07, 6.45) is 0. The number of hydrogen-bond donors (Lipinski definition) is 0. The topological polar surface area (TPSA) is 0 Å². The molecule has 0 aliphatic heterocycles. The lowest BCUT2D eigenvalue weighted by Gasteiger charge is -2.18. The standard InChI is InChI=1S/C58H36S/c1-3-17-37(18-4-1)39-21-15-22-40(35-39)55-43-23-7-9-25-45(43)56(46-26-10-8-24-44(46)55)41-33-34-42-51-31-16-32-52(58(51)59-53(42)36-41)57-49-29-13-11-27-47(49)54(38-19-5-2-6-20-38)48-28-12-14-30-50(48)57/h1-36H. The largest absolute Gasteiger partial charge is 0.135 e. The van der Waals surface area contributed by atoms with E-state index in [-0.39, 0.29) is 0 Å². The van der Waals surface area contributed by atoms with Crippen molar-refractivity contribution >= 4 is 74.6 Å². The van der Waals surface area contributed by atoms with Crippen LogP contribution >= 0.6 is 11.3 Å². The maximum absolute atomic E-state index is 2.45. The van der Waals surface area contributed by atoms with Crippen molar-refractivity contribution in [3.8, 4) is 55.6 Å². The number of fused-ring (bicyclic) bond motifs is 7. The van der Waals surface area contributed by atoms with Crippen LogP contribution in [0.2, 0.25) is 0 Å². The zero-order chi connectivity index (χ0) is 38.9. The molecule has 0 unspecified atom stereocenters. The van der Waals surface area contributed by atoms with Gasteiger partial charge in [0.05, 0.1) is 0 Å². The Kier molecular flexibility index (Phi) is 7.82. The van der Waals surface area contributed by atoms with Crippen LogP contribution in [0, 0.1) is 0 Å². The van der Waals surface area contributed by atoms with E-state index in [0.717, 1.165) is 0 Å². The molecule has 0 spiro atoms. The summed E-state index contributed by atoms with van der Waals surface area (Å²) in [5, 5.41) is 12.8. The monoisotopic (exact) mass is 764 g/mol. The first-order valence-electron chi connectivity index (χ1n) is 20.3. The van der Waals surface area contributed by atoms with Gasteiger partial charge in [-0.05, 0) is 105 Å². The predicted octanol–water partition coefficient (Wildman–Crippen LogP) is 17.0. The Bertz CT molecular complexity index is 3480. The Labute approximate surface area is 346 Å². The first-order valence-corrected chi connectivity index (χ1v) is 21.2. The van der Waals surface area contributed by atoms with Crippen LogP contribution < -0.4 is 0 Å². The molecule has 0 nitrogen and oxygen atoms in total. The van der Waals surface area contributed by atoms with Gasteiger partial charge in [0.25, 0.3) is 0 Å². The molecule has 0 fully saturated rings. The zero-order valence-electron chi connectivity index (χ0n) is 32.2. The van der Waals surface area contributed by atoms with E-state index in [2.05, 4.69) is 218 Å². The summed E-state index contributed by atoms with van der Waals surface area (Å²) in [5.41, 5.74) is 12.6. The molecule has 1 aromatic heterocycles. The second-order valence-electron chi connectivity index (χ2n) is 15.5. The smallest absolute Gasteiger partial charge is 0.0434 e. The lowest BCUT2D eigenvalue weighted by atomic mass is 9.85. The molecule has 0 atom stereocenters. The minimum Gasteiger partial charge on any atom is -0.135 e. The van der Waals surface area contributed by atoms with Crippen molar-refractivity contribution in [1.82, 2.24) is 0 Å². The summed E-state index contributed by atoms with van der Waals surface area (Å²) in [7, 11) is 0. The average molecular weight is 765 g/mol. The first kappa shape index (κ1) is 33.8. The summed E-state index contributed by atoms with van der Waals surface area (Å²) in [5.74, 6) is 0.